The molecule has 1 aromatic heterocycles. The van der Waals surface area contributed by atoms with Crippen molar-refractivity contribution < 1.29 is 4.79 Å². The maximum atomic E-state index is 12.0. The number of nitrogen functional groups attached to an aromatic ring is 1. The van der Waals surface area contributed by atoms with Gasteiger partial charge in [0.15, 0.2) is 0 Å². The Balaban J connectivity index is 1.96. The number of aromatic nitrogens is 1. The van der Waals surface area contributed by atoms with Crippen molar-refractivity contribution >= 4 is 17.3 Å². The summed E-state index contributed by atoms with van der Waals surface area (Å²) in [4.78, 5) is 18.4. The van der Waals surface area contributed by atoms with Gasteiger partial charge in [-0.3, -0.25) is 14.7 Å². The number of amides is 1. The molecule has 0 radical (unpaired) electrons. The molecule has 0 unspecified atom stereocenters. The normalized spacial score (nSPS) is 18.5. The van der Waals surface area contributed by atoms with Gasteiger partial charge < -0.3 is 11.1 Å². The Bertz CT molecular complexity index is 484. The molecule has 2 heterocycles. The van der Waals surface area contributed by atoms with Gasteiger partial charge >= 0.3 is 0 Å². The van der Waals surface area contributed by atoms with E-state index in [1.54, 1.807) is 12.3 Å². The number of nitrogens with zero attached hydrogens (tertiary/aromatic N) is 2. The second-order valence-electron chi connectivity index (χ2n) is 5.78. The third-order valence-corrected chi connectivity index (χ3v) is 3.82. The summed E-state index contributed by atoms with van der Waals surface area (Å²) in [5.41, 5.74) is 7.92. The van der Waals surface area contributed by atoms with Crippen LogP contribution in [0.15, 0.2) is 12.3 Å². The highest BCUT2D eigenvalue weighted by Crippen LogP contribution is 2.27. The molecule has 0 aliphatic carbocycles. The quantitative estimate of drug-likeness (QED) is 0.871. The minimum atomic E-state index is -0.0139. The second kappa shape index (κ2) is 5.17. The van der Waals surface area contributed by atoms with Crippen LogP contribution in [0.5, 0.6) is 0 Å². The topological polar surface area (TPSA) is 71.2 Å². The molecule has 1 amide bonds. The molecule has 2 rings (SSSR count). The van der Waals surface area contributed by atoms with Gasteiger partial charge in [0.05, 0.1) is 29.8 Å². The standard InChI is InChI=1S/C14H22N4O/c1-10-12(15)7-11(8-16-10)17-13(19)9-18-6-4-5-14(18,2)3/h7-8H,4-6,9,15H2,1-3H3,(H,17,19). The van der Waals surface area contributed by atoms with Gasteiger partial charge in [0.1, 0.15) is 0 Å². The van der Waals surface area contributed by atoms with Gasteiger partial charge in [-0.05, 0) is 46.2 Å². The summed E-state index contributed by atoms with van der Waals surface area (Å²) in [6.07, 6.45) is 3.93. The predicted molar refractivity (Wildman–Crippen MR) is 76.9 cm³/mol. The molecule has 3 N–H and O–H groups in total. The number of nitrogens with one attached hydrogen (secondary N) is 1. The van der Waals surface area contributed by atoms with Crippen molar-refractivity contribution in [3.05, 3.63) is 18.0 Å². The third kappa shape index (κ3) is 3.23. The third-order valence-electron chi connectivity index (χ3n) is 3.82. The van der Waals surface area contributed by atoms with Gasteiger partial charge in [-0.15, -0.1) is 0 Å². The van der Waals surface area contributed by atoms with Crippen LogP contribution in [0, 0.1) is 6.92 Å². The molecule has 104 valence electrons. The fraction of sp³-hybridized carbons (Fsp3) is 0.571. The van der Waals surface area contributed by atoms with Crippen LogP contribution >= 0.6 is 0 Å². The Hall–Kier alpha value is -1.62. The molecule has 1 saturated heterocycles. The number of likely N-dealkylation sites (tertiary alicyclic amines) is 1. The summed E-state index contributed by atoms with van der Waals surface area (Å²) >= 11 is 0. The molecule has 0 aromatic carbocycles. The number of aryl methyl sites for hydroxylation is 1. The molecule has 0 saturated carbocycles. The average Bonchev–Trinajstić information content (AvgIpc) is 2.63. The van der Waals surface area contributed by atoms with Crippen LogP contribution in [0.2, 0.25) is 0 Å². The molecule has 5 nitrogen and oxygen atoms in total. The highest BCUT2D eigenvalue weighted by Gasteiger charge is 2.32. The van der Waals surface area contributed by atoms with E-state index in [-0.39, 0.29) is 11.4 Å². The van der Waals surface area contributed by atoms with Crippen molar-refractivity contribution in [2.75, 3.05) is 24.1 Å². The molecule has 1 fully saturated rings. The molecular weight excluding hydrogens is 240 g/mol. The smallest absolute Gasteiger partial charge is 0.238 e. The van der Waals surface area contributed by atoms with Crippen molar-refractivity contribution in [3.63, 3.8) is 0 Å². The fourth-order valence-electron chi connectivity index (χ4n) is 2.45. The zero-order valence-corrected chi connectivity index (χ0v) is 11.9. The molecule has 1 aliphatic rings. The minimum Gasteiger partial charge on any atom is -0.397 e. The van der Waals surface area contributed by atoms with E-state index in [4.69, 9.17) is 5.73 Å². The number of rotatable bonds is 3. The number of pyridine rings is 1. The lowest BCUT2D eigenvalue weighted by molar-refractivity contribution is -0.118. The summed E-state index contributed by atoms with van der Waals surface area (Å²) in [5.74, 6) is -0.0139. The Morgan fingerprint density at radius 1 is 1.58 bits per heavy atom. The first-order valence-electron chi connectivity index (χ1n) is 6.65. The largest absolute Gasteiger partial charge is 0.397 e. The van der Waals surface area contributed by atoms with E-state index in [0.29, 0.717) is 17.9 Å². The van der Waals surface area contributed by atoms with Crippen molar-refractivity contribution in [1.29, 1.82) is 0 Å². The SMILES string of the molecule is Cc1ncc(NC(=O)CN2CCCC2(C)C)cc1N. The van der Waals surface area contributed by atoms with Crippen molar-refractivity contribution in [2.45, 2.75) is 39.2 Å². The average molecular weight is 262 g/mol. The van der Waals surface area contributed by atoms with Crippen LogP contribution in [-0.2, 0) is 4.79 Å². The van der Waals surface area contributed by atoms with E-state index in [2.05, 4.69) is 29.0 Å². The first-order valence-corrected chi connectivity index (χ1v) is 6.65. The van der Waals surface area contributed by atoms with Gasteiger partial charge in [0.25, 0.3) is 0 Å². The van der Waals surface area contributed by atoms with Crippen molar-refractivity contribution in [2.24, 2.45) is 0 Å². The molecule has 19 heavy (non-hydrogen) atoms. The monoisotopic (exact) mass is 262 g/mol. The molecule has 1 aromatic rings. The van der Waals surface area contributed by atoms with Gasteiger partial charge in [-0.1, -0.05) is 0 Å². The summed E-state index contributed by atoms with van der Waals surface area (Å²) < 4.78 is 0. The van der Waals surface area contributed by atoms with E-state index >= 15 is 0 Å². The summed E-state index contributed by atoms with van der Waals surface area (Å²) in [7, 11) is 0. The minimum absolute atomic E-state index is 0.0139. The van der Waals surface area contributed by atoms with Crippen molar-refractivity contribution in [1.82, 2.24) is 9.88 Å². The van der Waals surface area contributed by atoms with Crippen LogP contribution in [0.25, 0.3) is 0 Å². The number of anilines is 2. The van der Waals surface area contributed by atoms with Gasteiger partial charge in [-0.2, -0.15) is 0 Å². The van der Waals surface area contributed by atoms with Crippen LogP contribution < -0.4 is 11.1 Å². The maximum Gasteiger partial charge on any atom is 0.238 e. The summed E-state index contributed by atoms with van der Waals surface area (Å²) in [6, 6.07) is 1.75. The zero-order valence-electron chi connectivity index (χ0n) is 11.9. The van der Waals surface area contributed by atoms with Crippen LogP contribution in [-0.4, -0.2) is 34.4 Å². The fourth-order valence-corrected chi connectivity index (χ4v) is 2.45. The lowest BCUT2D eigenvalue weighted by atomic mass is 10.0. The van der Waals surface area contributed by atoms with Crippen LogP contribution in [0.3, 0.4) is 0 Å². The summed E-state index contributed by atoms with van der Waals surface area (Å²) in [5, 5.41) is 2.85. The van der Waals surface area contributed by atoms with Crippen LogP contribution in [0.1, 0.15) is 32.4 Å². The number of carbonyl (C=O) groups is 1. The first-order chi connectivity index (χ1) is 8.88. The molecule has 0 atom stereocenters. The van der Waals surface area contributed by atoms with E-state index in [1.807, 2.05) is 6.92 Å². The number of nitrogens with two attached hydrogens (primary N) is 1. The van der Waals surface area contributed by atoms with Gasteiger partial charge in [0.2, 0.25) is 5.91 Å². The number of hydrogen-bond acceptors (Lipinski definition) is 4. The van der Waals surface area contributed by atoms with E-state index < -0.39 is 0 Å². The van der Waals surface area contributed by atoms with Crippen molar-refractivity contribution in [3.8, 4) is 0 Å². The molecule has 1 aliphatic heterocycles. The Morgan fingerprint density at radius 3 is 2.89 bits per heavy atom. The van der Waals surface area contributed by atoms with Gasteiger partial charge in [-0.25, -0.2) is 0 Å². The Kier molecular flexibility index (Phi) is 3.75. The summed E-state index contributed by atoms with van der Waals surface area (Å²) in [6.45, 7) is 7.60. The Labute approximate surface area is 114 Å². The zero-order chi connectivity index (χ0) is 14.0. The highest BCUT2D eigenvalue weighted by molar-refractivity contribution is 5.92. The Morgan fingerprint density at radius 2 is 2.32 bits per heavy atom. The molecular formula is C14H22N4O. The highest BCUT2D eigenvalue weighted by atomic mass is 16.2. The van der Waals surface area contributed by atoms with E-state index in [0.717, 1.165) is 25.1 Å². The number of hydrogen-bond donors (Lipinski definition) is 2. The lowest BCUT2D eigenvalue weighted by Crippen LogP contribution is -2.42. The predicted octanol–water partition coefficient (Wildman–Crippen LogP) is 1.79. The molecule has 0 spiro atoms. The van der Waals surface area contributed by atoms with E-state index in [1.165, 1.54) is 0 Å². The van der Waals surface area contributed by atoms with Crippen LogP contribution in [0.4, 0.5) is 11.4 Å². The second-order valence-corrected chi connectivity index (χ2v) is 5.78. The number of carbonyl (C=O) groups excluding carboxylic acids is 1. The van der Waals surface area contributed by atoms with E-state index in [9.17, 15) is 4.79 Å². The lowest BCUT2D eigenvalue weighted by Gasteiger charge is -2.30. The van der Waals surface area contributed by atoms with Gasteiger partial charge in [0, 0.05) is 5.54 Å². The maximum absolute atomic E-state index is 12.0. The molecule has 5 heteroatoms. The first kappa shape index (κ1) is 13.8. The molecule has 0 bridgehead atoms.